The molecule has 8 unspecified atom stereocenters. The number of esters is 1. The van der Waals surface area contributed by atoms with Gasteiger partial charge < -0.3 is 14.9 Å². The highest BCUT2D eigenvalue weighted by molar-refractivity contribution is 5.81. The highest BCUT2D eigenvalue weighted by Crippen LogP contribution is 2.78. The van der Waals surface area contributed by atoms with Gasteiger partial charge in [-0.05, 0) is 71.1 Å². The second kappa shape index (κ2) is 4.03. The van der Waals surface area contributed by atoms with E-state index in [-0.39, 0.29) is 28.6 Å². The van der Waals surface area contributed by atoms with E-state index in [1.807, 2.05) is 6.92 Å². The lowest BCUT2D eigenvalue weighted by atomic mass is 9.39. The predicted molar refractivity (Wildman–Crippen MR) is 88.0 cm³/mol. The summed E-state index contributed by atoms with van der Waals surface area (Å²) in [6.45, 7) is 6.27. The molecule has 1 aliphatic heterocycles. The average molecular weight is 334 g/mol. The van der Waals surface area contributed by atoms with E-state index in [0.717, 1.165) is 38.5 Å². The van der Waals surface area contributed by atoms with E-state index in [1.165, 1.54) is 0 Å². The largest absolute Gasteiger partial charge is 0.458 e. The number of aliphatic hydroxyl groups excluding tert-OH is 1. The number of carbonyl (C=O) groups is 1. The van der Waals surface area contributed by atoms with Crippen molar-refractivity contribution in [1.29, 1.82) is 0 Å². The second-order valence-corrected chi connectivity index (χ2v) is 10.3. The van der Waals surface area contributed by atoms with Crippen LogP contribution < -0.4 is 0 Å². The lowest BCUT2D eigenvalue weighted by Crippen LogP contribution is -2.69. The fraction of sp³-hybridized carbons (Fsp3) is 0.950. The molecule has 0 aromatic heterocycles. The Morgan fingerprint density at radius 1 is 1.17 bits per heavy atom. The first-order chi connectivity index (χ1) is 11.1. The molecule has 5 rings (SSSR count). The number of carbonyl (C=O) groups excluding carboxylic acids is 1. The van der Waals surface area contributed by atoms with Crippen LogP contribution in [0.15, 0.2) is 0 Å². The van der Waals surface area contributed by atoms with Gasteiger partial charge in [-0.25, -0.2) is 0 Å². The highest BCUT2D eigenvalue weighted by Gasteiger charge is 2.81. The summed E-state index contributed by atoms with van der Waals surface area (Å²) < 4.78 is 6.28. The Morgan fingerprint density at radius 2 is 1.92 bits per heavy atom. The van der Waals surface area contributed by atoms with E-state index in [2.05, 4.69) is 13.8 Å². The quantitative estimate of drug-likeness (QED) is 0.669. The molecule has 4 heteroatoms. The van der Waals surface area contributed by atoms with Crippen LogP contribution in [0.1, 0.15) is 72.1 Å². The maximum absolute atomic E-state index is 12.8. The molecule has 1 spiro atoms. The van der Waals surface area contributed by atoms with E-state index in [0.29, 0.717) is 12.8 Å². The summed E-state index contributed by atoms with van der Waals surface area (Å²) in [5.74, 6) is 0.349. The fourth-order valence-electron chi connectivity index (χ4n) is 8.22. The summed E-state index contributed by atoms with van der Waals surface area (Å²) in [6.07, 6.45) is 6.49. The van der Waals surface area contributed by atoms with E-state index in [4.69, 9.17) is 4.74 Å². The second-order valence-electron chi connectivity index (χ2n) is 10.3. The number of hydrogen-bond donors (Lipinski definition) is 2. The zero-order chi connectivity index (χ0) is 17.2. The number of aliphatic hydroxyl groups is 2. The lowest BCUT2D eigenvalue weighted by molar-refractivity contribution is -0.258. The van der Waals surface area contributed by atoms with Crippen LogP contribution in [0.25, 0.3) is 0 Å². The minimum Gasteiger partial charge on any atom is -0.458 e. The van der Waals surface area contributed by atoms with Gasteiger partial charge in [0.25, 0.3) is 0 Å². The average Bonchev–Trinajstić information content (AvgIpc) is 2.79. The third-order valence-electron chi connectivity index (χ3n) is 9.60. The third-order valence-corrected chi connectivity index (χ3v) is 9.60. The molecule has 0 aromatic rings. The monoisotopic (exact) mass is 334 g/mol. The first-order valence-electron chi connectivity index (χ1n) is 9.75. The van der Waals surface area contributed by atoms with E-state index in [1.54, 1.807) is 0 Å². The maximum atomic E-state index is 12.8. The van der Waals surface area contributed by atoms with E-state index >= 15 is 0 Å². The van der Waals surface area contributed by atoms with Gasteiger partial charge in [-0.1, -0.05) is 6.92 Å². The highest BCUT2D eigenvalue weighted by atomic mass is 16.6. The topological polar surface area (TPSA) is 66.8 Å². The van der Waals surface area contributed by atoms with Gasteiger partial charge in [0.2, 0.25) is 0 Å². The number of fused-ring (bicyclic) bond motifs is 1. The van der Waals surface area contributed by atoms with Crippen molar-refractivity contribution < 1.29 is 19.7 Å². The molecule has 24 heavy (non-hydrogen) atoms. The van der Waals surface area contributed by atoms with Crippen LogP contribution in [0.2, 0.25) is 0 Å². The summed E-state index contributed by atoms with van der Waals surface area (Å²) >= 11 is 0. The standard InChI is InChI=1S/C20H30O4/c1-16-6-4-7-20(24-15(16)22)13(16)9-14(21)19-10-12(17(2,23)11-19)5-8-18(19,20)3/h12-14,21,23H,4-11H2,1-3H3. The number of rotatable bonds is 0. The summed E-state index contributed by atoms with van der Waals surface area (Å²) in [4.78, 5) is 12.8. The molecule has 8 atom stereocenters. The van der Waals surface area contributed by atoms with Crippen molar-refractivity contribution >= 4 is 5.97 Å². The molecule has 1 heterocycles. The molecule has 4 nitrogen and oxygen atoms in total. The third kappa shape index (κ3) is 1.34. The van der Waals surface area contributed by atoms with Crippen molar-refractivity contribution in [2.45, 2.75) is 89.4 Å². The van der Waals surface area contributed by atoms with Crippen LogP contribution in [0.5, 0.6) is 0 Å². The Balaban J connectivity index is 1.71. The minimum atomic E-state index is -0.706. The summed E-state index contributed by atoms with van der Waals surface area (Å²) in [7, 11) is 0. The van der Waals surface area contributed by atoms with Gasteiger partial charge in [0.15, 0.2) is 0 Å². The molecular weight excluding hydrogens is 304 g/mol. The molecule has 0 aromatic carbocycles. The fourth-order valence-corrected chi connectivity index (χ4v) is 8.22. The molecule has 134 valence electrons. The zero-order valence-corrected chi connectivity index (χ0v) is 15.1. The maximum Gasteiger partial charge on any atom is 0.312 e. The number of ether oxygens (including phenoxy) is 1. The summed E-state index contributed by atoms with van der Waals surface area (Å²) in [5, 5.41) is 22.3. The molecule has 0 radical (unpaired) electrons. The van der Waals surface area contributed by atoms with E-state index in [9.17, 15) is 15.0 Å². The van der Waals surface area contributed by atoms with Crippen LogP contribution in [0.3, 0.4) is 0 Å². The SMILES string of the molecule is CC1(O)CC23CC1CCC2(C)C12CCCC(C)(C(=O)O1)C2CC3O. The zero-order valence-electron chi connectivity index (χ0n) is 15.1. The minimum absolute atomic E-state index is 0.0395. The molecule has 0 amide bonds. The Morgan fingerprint density at radius 3 is 2.67 bits per heavy atom. The van der Waals surface area contributed by atoms with Crippen molar-refractivity contribution in [3.8, 4) is 0 Å². The van der Waals surface area contributed by atoms with Crippen molar-refractivity contribution in [2.75, 3.05) is 0 Å². The van der Waals surface area contributed by atoms with Gasteiger partial charge in [-0.3, -0.25) is 4.79 Å². The normalized spacial score (nSPS) is 64.4. The van der Waals surface area contributed by atoms with Crippen LogP contribution in [0.4, 0.5) is 0 Å². The van der Waals surface area contributed by atoms with Crippen molar-refractivity contribution in [2.24, 2.45) is 28.1 Å². The van der Waals surface area contributed by atoms with Crippen LogP contribution >= 0.6 is 0 Å². The van der Waals surface area contributed by atoms with Crippen LogP contribution in [-0.2, 0) is 9.53 Å². The van der Waals surface area contributed by atoms with Crippen molar-refractivity contribution in [3.63, 3.8) is 0 Å². The van der Waals surface area contributed by atoms with Crippen LogP contribution in [-0.4, -0.2) is 33.5 Å². The van der Waals surface area contributed by atoms with Gasteiger partial charge in [0, 0.05) is 16.7 Å². The summed E-state index contributed by atoms with van der Waals surface area (Å²) in [6, 6.07) is 0. The van der Waals surface area contributed by atoms with Gasteiger partial charge >= 0.3 is 5.97 Å². The van der Waals surface area contributed by atoms with Gasteiger partial charge in [-0.15, -0.1) is 0 Å². The number of hydrogen-bond acceptors (Lipinski definition) is 4. The first kappa shape index (κ1) is 15.6. The van der Waals surface area contributed by atoms with Crippen molar-refractivity contribution in [1.82, 2.24) is 0 Å². The Bertz CT molecular complexity index is 629. The van der Waals surface area contributed by atoms with Crippen LogP contribution in [0, 0.1) is 28.1 Å². The molecule has 1 saturated heterocycles. The van der Waals surface area contributed by atoms with Crippen molar-refractivity contribution in [3.05, 3.63) is 0 Å². The Labute approximate surface area is 144 Å². The van der Waals surface area contributed by atoms with Gasteiger partial charge in [0.05, 0.1) is 17.1 Å². The molecule has 4 saturated carbocycles. The smallest absolute Gasteiger partial charge is 0.312 e. The first-order valence-corrected chi connectivity index (χ1v) is 9.75. The van der Waals surface area contributed by atoms with E-state index < -0.39 is 22.7 Å². The molecule has 4 bridgehead atoms. The van der Waals surface area contributed by atoms with Gasteiger partial charge in [-0.2, -0.15) is 0 Å². The lowest BCUT2D eigenvalue weighted by Gasteiger charge is -2.66. The predicted octanol–water partition coefficient (Wildman–Crippen LogP) is 2.80. The summed E-state index contributed by atoms with van der Waals surface area (Å²) in [5.41, 5.74) is -2.10. The molecule has 5 fully saturated rings. The molecule has 5 aliphatic rings. The molecule has 4 aliphatic carbocycles. The molecule has 2 N–H and O–H groups in total. The molecular formula is C20H30O4. The van der Waals surface area contributed by atoms with Gasteiger partial charge in [0.1, 0.15) is 5.60 Å². The Hall–Kier alpha value is -0.610. The Kier molecular flexibility index (Phi) is 2.63.